The molecule has 1 aromatic rings. The third kappa shape index (κ3) is 5.32. The summed E-state index contributed by atoms with van der Waals surface area (Å²) in [5.74, 6) is 4.16. The predicted molar refractivity (Wildman–Crippen MR) is 175 cm³/mol. The molecule has 0 bridgehead atoms. The fourth-order valence-corrected chi connectivity index (χ4v) is 11.4. The van der Waals surface area contributed by atoms with Crippen LogP contribution in [0.15, 0.2) is 41.5 Å². The number of nitrogens with zero attached hydrogens (tertiary/aromatic N) is 2. The van der Waals surface area contributed by atoms with Crippen molar-refractivity contribution < 1.29 is 14.3 Å². The second kappa shape index (κ2) is 12.0. The summed E-state index contributed by atoms with van der Waals surface area (Å²) < 4.78 is 7.25. The van der Waals surface area contributed by atoms with Gasteiger partial charge in [0, 0.05) is 51.4 Å². The molecule has 4 aliphatic carbocycles. The zero-order valence-corrected chi connectivity index (χ0v) is 27.9. The van der Waals surface area contributed by atoms with Crippen LogP contribution in [0.5, 0.6) is 0 Å². The predicted octanol–water partition coefficient (Wildman–Crippen LogP) is 7.24. The van der Waals surface area contributed by atoms with Crippen molar-refractivity contribution in [3.63, 3.8) is 0 Å². The monoisotopic (exact) mass is 600 g/mol. The van der Waals surface area contributed by atoms with Crippen LogP contribution in [0.25, 0.3) is 0 Å². The van der Waals surface area contributed by atoms with Gasteiger partial charge in [-0.3, -0.25) is 14.5 Å². The van der Waals surface area contributed by atoms with Gasteiger partial charge in [0.1, 0.15) is 5.78 Å². The Labute approximate surface area is 266 Å². The second-order valence-corrected chi connectivity index (χ2v) is 16.1. The van der Waals surface area contributed by atoms with Gasteiger partial charge >= 0.3 is 0 Å². The Hall–Kier alpha value is -1.98. The molecule has 5 heteroatoms. The number of carbonyl (C=O) groups is 2. The number of rotatable bonds is 6. The van der Waals surface area contributed by atoms with E-state index in [0.717, 1.165) is 69.5 Å². The summed E-state index contributed by atoms with van der Waals surface area (Å²) in [6.45, 7) is 10.3. The van der Waals surface area contributed by atoms with Crippen molar-refractivity contribution in [1.29, 1.82) is 0 Å². The SMILES string of the molecule is CC1=C2C[C@H]3[C@@H](CC[C@@H]4CC(=O)CC[C@@]43C)[C@@H]2CC[C@@]2(C1)O[C@@H]1CCCN(CCN(C)C(=O)CCc3ccccc3)[C@H]1[C@H]2C. The minimum Gasteiger partial charge on any atom is -0.369 e. The molecule has 44 heavy (non-hydrogen) atoms. The summed E-state index contributed by atoms with van der Waals surface area (Å²) in [5.41, 5.74) is 4.96. The first kappa shape index (κ1) is 30.7. The normalized spacial score (nSPS) is 40.3. The Morgan fingerprint density at radius 2 is 1.91 bits per heavy atom. The molecule has 5 fully saturated rings. The van der Waals surface area contributed by atoms with E-state index in [-0.39, 0.29) is 11.5 Å². The molecule has 0 unspecified atom stereocenters. The first-order chi connectivity index (χ1) is 21.2. The maximum atomic E-state index is 13.0. The van der Waals surface area contributed by atoms with E-state index in [1.807, 2.05) is 18.0 Å². The number of hydrogen-bond acceptors (Lipinski definition) is 4. The van der Waals surface area contributed by atoms with Crippen LogP contribution in [0.2, 0.25) is 0 Å². The van der Waals surface area contributed by atoms with E-state index >= 15 is 0 Å². The third-order valence-electron chi connectivity index (χ3n) is 14.0. The number of aryl methyl sites for hydroxylation is 1. The van der Waals surface area contributed by atoms with E-state index in [9.17, 15) is 9.59 Å². The van der Waals surface area contributed by atoms with Crippen LogP contribution in [-0.4, -0.2) is 65.9 Å². The zero-order valence-electron chi connectivity index (χ0n) is 27.9. The van der Waals surface area contributed by atoms with Crippen molar-refractivity contribution in [1.82, 2.24) is 9.80 Å². The first-order valence-electron chi connectivity index (χ1n) is 18.1. The average Bonchev–Trinajstić information content (AvgIpc) is 3.50. The fourth-order valence-electron chi connectivity index (χ4n) is 11.4. The molecule has 2 heterocycles. The molecule has 6 aliphatic rings. The lowest BCUT2D eigenvalue weighted by Gasteiger charge is -2.52. The Morgan fingerprint density at radius 3 is 2.73 bits per heavy atom. The van der Waals surface area contributed by atoms with Gasteiger partial charge in [-0.05, 0) is 112 Å². The Morgan fingerprint density at radius 1 is 1.09 bits per heavy atom. The molecule has 5 nitrogen and oxygen atoms in total. The maximum absolute atomic E-state index is 13.0. The zero-order chi connectivity index (χ0) is 30.6. The molecule has 240 valence electrons. The number of allylic oxidation sites excluding steroid dienone is 1. The number of piperidine rings is 1. The van der Waals surface area contributed by atoms with E-state index in [2.05, 4.69) is 49.9 Å². The van der Waals surface area contributed by atoms with Crippen molar-refractivity contribution in [2.45, 2.75) is 122 Å². The highest BCUT2D eigenvalue weighted by Gasteiger charge is 2.59. The van der Waals surface area contributed by atoms with Gasteiger partial charge in [-0.15, -0.1) is 0 Å². The van der Waals surface area contributed by atoms with E-state index < -0.39 is 0 Å². The standard InChI is InChI=1S/C39H56N2O3/c1-26-25-39(19-17-31-32-14-13-29-23-30(42)16-18-38(29,3)34(32)24-33(26)31)27(2)37-35(44-39)11-8-20-41(37)22-21-40(4)36(43)15-12-28-9-6-5-7-10-28/h5-7,9-10,27,29,31-32,34-35,37H,8,11-25H2,1-4H3/t27-,29-,31+,32+,34+,35-,37+,38+,39+/m1/s1. The molecular formula is C39H56N2O3. The lowest BCUT2D eigenvalue weighted by molar-refractivity contribution is -0.130. The van der Waals surface area contributed by atoms with Gasteiger partial charge in [0.2, 0.25) is 5.91 Å². The Balaban J connectivity index is 1.01. The number of likely N-dealkylation sites (tertiary alicyclic amines) is 1. The smallest absolute Gasteiger partial charge is 0.222 e. The highest BCUT2D eigenvalue weighted by molar-refractivity contribution is 5.79. The average molecular weight is 601 g/mol. The minimum atomic E-state index is -0.0510. The number of amides is 1. The van der Waals surface area contributed by atoms with Crippen molar-refractivity contribution in [2.75, 3.05) is 26.7 Å². The van der Waals surface area contributed by atoms with Gasteiger partial charge in [-0.25, -0.2) is 0 Å². The Bertz CT molecular complexity index is 1280. The van der Waals surface area contributed by atoms with Gasteiger partial charge in [0.05, 0.1) is 11.7 Å². The van der Waals surface area contributed by atoms with Crippen molar-refractivity contribution in [3.05, 3.63) is 47.0 Å². The summed E-state index contributed by atoms with van der Waals surface area (Å²) in [4.78, 5) is 30.0. The van der Waals surface area contributed by atoms with Crippen LogP contribution in [0, 0.1) is 35.0 Å². The van der Waals surface area contributed by atoms with E-state index in [0.29, 0.717) is 41.6 Å². The summed E-state index contributed by atoms with van der Waals surface area (Å²) in [7, 11) is 1.98. The summed E-state index contributed by atoms with van der Waals surface area (Å²) in [6.07, 6.45) is 14.2. The number of likely N-dealkylation sites (N-methyl/N-ethyl adjacent to an activating group) is 1. The molecule has 2 aliphatic heterocycles. The lowest BCUT2D eigenvalue weighted by Crippen LogP contribution is -2.51. The van der Waals surface area contributed by atoms with E-state index in [1.54, 1.807) is 11.1 Å². The first-order valence-corrected chi connectivity index (χ1v) is 18.1. The number of fused-ring (bicyclic) bond motifs is 6. The Kier molecular flexibility index (Phi) is 8.36. The maximum Gasteiger partial charge on any atom is 0.222 e. The molecule has 0 aromatic heterocycles. The summed E-state index contributed by atoms with van der Waals surface area (Å²) in [6, 6.07) is 10.8. The highest BCUT2D eigenvalue weighted by Crippen LogP contribution is 2.65. The summed E-state index contributed by atoms with van der Waals surface area (Å²) in [5, 5.41) is 0. The second-order valence-electron chi connectivity index (χ2n) is 16.1. The third-order valence-corrected chi connectivity index (χ3v) is 14.0. The van der Waals surface area contributed by atoms with Crippen LogP contribution in [0.4, 0.5) is 0 Å². The molecule has 0 N–H and O–H groups in total. The lowest BCUT2D eigenvalue weighted by atomic mass is 9.52. The highest BCUT2D eigenvalue weighted by atomic mass is 16.5. The number of hydrogen-bond donors (Lipinski definition) is 0. The van der Waals surface area contributed by atoms with Gasteiger partial charge < -0.3 is 9.64 Å². The van der Waals surface area contributed by atoms with Crippen LogP contribution >= 0.6 is 0 Å². The van der Waals surface area contributed by atoms with Crippen LogP contribution in [0.3, 0.4) is 0 Å². The molecule has 0 radical (unpaired) electrons. The van der Waals surface area contributed by atoms with Gasteiger partial charge in [0.25, 0.3) is 0 Å². The number of benzene rings is 1. The minimum absolute atomic E-state index is 0.0510. The number of carbonyl (C=O) groups excluding carboxylic acids is 2. The van der Waals surface area contributed by atoms with Gasteiger partial charge in [-0.2, -0.15) is 0 Å². The van der Waals surface area contributed by atoms with Gasteiger partial charge in [-0.1, -0.05) is 55.3 Å². The molecule has 1 spiro atoms. The van der Waals surface area contributed by atoms with Crippen molar-refractivity contribution >= 4 is 11.7 Å². The molecule has 3 saturated carbocycles. The molecule has 1 amide bonds. The van der Waals surface area contributed by atoms with Crippen molar-refractivity contribution in [2.24, 2.45) is 35.0 Å². The van der Waals surface area contributed by atoms with Crippen LogP contribution in [-0.2, 0) is 20.7 Å². The number of ketones is 1. The molecule has 7 rings (SSSR count). The molecule has 9 atom stereocenters. The summed E-state index contributed by atoms with van der Waals surface area (Å²) >= 11 is 0. The largest absolute Gasteiger partial charge is 0.369 e. The topological polar surface area (TPSA) is 49.9 Å². The number of ether oxygens (including phenoxy) is 1. The molecule has 1 aromatic carbocycles. The van der Waals surface area contributed by atoms with Crippen LogP contribution in [0.1, 0.15) is 103 Å². The quantitative estimate of drug-likeness (QED) is 0.323. The van der Waals surface area contributed by atoms with Crippen molar-refractivity contribution in [3.8, 4) is 0 Å². The fraction of sp³-hybridized carbons (Fsp3) is 0.744. The molecule has 2 saturated heterocycles. The number of Topliss-reactive ketones (excluding diaryl/α,β-unsaturated/α-hetero) is 1. The van der Waals surface area contributed by atoms with Crippen LogP contribution < -0.4 is 0 Å². The van der Waals surface area contributed by atoms with Gasteiger partial charge in [0.15, 0.2) is 0 Å². The van der Waals surface area contributed by atoms with E-state index in [4.69, 9.17) is 4.74 Å². The molecular weight excluding hydrogens is 544 g/mol. The van der Waals surface area contributed by atoms with E-state index in [1.165, 1.54) is 50.5 Å².